The molecule has 1 fully saturated rings. The molecule has 1 unspecified atom stereocenters. The minimum atomic E-state index is -3.63. The van der Waals surface area contributed by atoms with E-state index in [0.29, 0.717) is 6.54 Å². The molecule has 0 radical (unpaired) electrons. The zero-order valence-corrected chi connectivity index (χ0v) is 14.7. The Morgan fingerprint density at radius 1 is 1.20 bits per heavy atom. The van der Waals surface area contributed by atoms with Crippen molar-refractivity contribution in [3.63, 3.8) is 0 Å². The van der Waals surface area contributed by atoms with Crippen molar-refractivity contribution in [1.29, 1.82) is 0 Å². The highest BCUT2D eigenvalue weighted by atomic mass is 32.2. The van der Waals surface area contributed by atoms with Crippen molar-refractivity contribution < 1.29 is 13.2 Å². The summed E-state index contributed by atoms with van der Waals surface area (Å²) >= 11 is 0. The fourth-order valence-corrected chi connectivity index (χ4v) is 4.11. The van der Waals surface area contributed by atoms with E-state index in [-0.39, 0.29) is 29.8 Å². The van der Waals surface area contributed by atoms with Gasteiger partial charge in [-0.3, -0.25) is 9.78 Å². The summed E-state index contributed by atoms with van der Waals surface area (Å²) in [5.74, 6) is -0.0276. The summed E-state index contributed by atoms with van der Waals surface area (Å²) in [6, 6.07) is 13.1. The van der Waals surface area contributed by atoms with Crippen molar-refractivity contribution in [2.45, 2.75) is 30.2 Å². The molecule has 1 N–H and O–H groups in total. The number of benzene rings is 1. The molecule has 6 nitrogen and oxygen atoms in total. The standard InChI is InChI=1S/C18H21N3O3S/c22-18(10-12-20-25(23,24)16-8-4-11-19-14-16)21-13-5-9-17(21)15-6-2-1-3-7-15/h1-4,6-8,11,14,17,20H,5,9-10,12-13H2. The second kappa shape index (κ2) is 7.76. The number of sulfonamides is 1. The summed E-state index contributed by atoms with van der Waals surface area (Å²) in [6.07, 6.45) is 4.85. The Bertz CT molecular complexity index is 810. The molecule has 1 amide bonds. The molecule has 0 bridgehead atoms. The first kappa shape index (κ1) is 17.6. The third kappa shape index (κ3) is 4.24. The number of nitrogens with one attached hydrogen (secondary N) is 1. The van der Waals surface area contributed by atoms with Crippen molar-refractivity contribution in [3.05, 3.63) is 60.4 Å². The normalized spacial score (nSPS) is 17.6. The van der Waals surface area contributed by atoms with Crippen LogP contribution in [0.4, 0.5) is 0 Å². The number of carbonyl (C=O) groups is 1. The van der Waals surface area contributed by atoms with E-state index < -0.39 is 10.0 Å². The average Bonchev–Trinajstić information content (AvgIpc) is 3.13. The van der Waals surface area contributed by atoms with Gasteiger partial charge in [0.05, 0.1) is 6.04 Å². The lowest BCUT2D eigenvalue weighted by Crippen LogP contribution is -2.34. The Morgan fingerprint density at radius 2 is 2.00 bits per heavy atom. The molecular formula is C18H21N3O3S. The Kier molecular flexibility index (Phi) is 5.45. The van der Waals surface area contributed by atoms with Gasteiger partial charge < -0.3 is 4.90 Å². The van der Waals surface area contributed by atoms with E-state index in [4.69, 9.17) is 0 Å². The maximum atomic E-state index is 12.5. The van der Waals surface area contributed by atoms with Crippen LogP contribution in [0.5, 0.6) is 0 Å². The van der Waals surface area contributed by atoms with Crippen LogP contribution in [0.25, 0.3) is 0 Å². The number of likely N-dealkylation sites (tertiary alicyclic amines) is 1. The van der Waals surface area contributed by atoms with Gasteiger partial charge in [0.25, 0.3) is 0 Å². The van der Waals surface area contributed by atoms with Crippen molar-refractivity contribution in [2.24, 2.45) is 0 Å². The van der Waals surface area contributed by atoms with E-state index in [9.17, 15) is 13.2 Å². The molecule has 1 aliphatic rings. The van der Waals surface area contributed by atoms with Gasteiger partial charge in [0.15, 0.2) is 0 Å². The first-order valence-electron chi connectivity index (χ1n) is 8.32. The van der Waals surface area contributed by atoms with E-state index in [0.717, 1.165) is 18.4 Å². The number of amides is 1. The SMILES string of the molecule is O=C(CCNS(=O)(=O)c1cccnc1)N1CCCC1c1ccccc1. The number of rotatable bonds is 6. The number of hydrogen-bond donors (Lipinski definition) is 1. The zero-order chi connectivity index (χ0) is 17.7. The predicted octanol–water partition coefficient (Wildman–Crippen LogP) is 2.11. The van der Waals surface area contributed by atoms with E-state index in [2.05, 4.69) is 9.71 Å². The van der Waals surface area contributed by atoms with Crippen LogP contribution in [0.2, 0.25) is 0 Å². The third-order valence-corrected chi connectivity index (χ3v) is 5.78. The number of pyridine rings is 1. The molecule has 1 aromatic carbocycles. The quantitative estimate of drug-likeness (QED) is 0.857. The van der Waals surface area contributed by atoms with Crippen LogP contribution < -0.4 is 4.72 Å². The van der Waals surface area contributed by atoms with E-state index >= 15 is 0 Å². The second-order valence-electron chi connectivity index (χ2n) is 5.99. The van der Waals surface area contributed by atoms with Gasteiger partial charge >= 0.3 is 0 Å². The molecular weight excluding hydrogens is 338 g/mol. The summed E-state index contributed by atoms with van der Waals surface area (Å²) in [7, 11) is -3.63. The maximum Gasteiger partial charge on any atom is 0.242 e. The van der Waals surface area contributed by atoms with Gasteiger partial charge in [-0.15, -0.1) is 0 Å². The van der Waals surface area contributed by atoms with Gasteiger partial charge in [0.2, 0.25) is 15.9 Å². The van der Waals surface area contributed by atoms with Gasteiger partial charge in [-0.2, -0.15) is 0 Å². The molecule has 2 heterocycles. The summed E-state index contributed by atoms with van der Waals surface area (Å²) < 4.78 is 26.8. The van der Waals surface area contributed by atoms with Crippen LogP contribution in [0.15, 0.2) is 59.8 Å². The second-order valence-corrected chi connectivity index (χ2v) is 7.76. The Balaban J connectivity index is 1.57. The first-order chi connectivity index (χ1) is 12.1. The largest absolute Gasteiger partial charge is 0.336 e. The van der Waals surface area contributed by atoms with Crippen molar-refractivity contribution in [2.75, 3.05) is 13.1 Å². The minimum absolute atomic E-state index is 0.0276. The van der Waals surface area contributed by atoms with Crippen LogP contribution in [-0.4, -0.2) is 37.3 Å². The van der Waals surface area contributed by atoms with Gasteiger partial charge in [-0.05, 0) is 30.5 Å². The highest BCUT2D eigenvalue weighted by molar-refractivity contribution is 7.89. The Labute approximate surface area is 147 Å². The van der Waals surface area contributed by atoms with Crippen LogP contribution in [0, 0.1) is 0 Å². The highest BCUT2D eigenvalue weighted by Crippen LogP contribution is 2.32. The lowest BCUT2D eigenvalue weighted by molar-refractivity contribution is -0.131. The number of carbonyl (C=O) groups excluding carboxylic acids is 1. The average molecular weight is 359 g/mol. The third-order valence-electron chi connectivity index (χ3n) is 4.33. The first-order valence-corrected chi connectivity index (χ1v) is 9.80. The molecule has 2 aromatic rings. The molecule has 1 aliphatic heterocycles. The Morgan fingerprint density at radius 3 is 2.72 bits per heavy atom. The van der Waals surface area contributed by atoms with Crippen molar-refractivity contribution in [1.82, 2.24) is 14.6 Å². The molecule has 132 valence electrons. The van der Waals surface area contributed by atoms with Crippen LogP contribution in [0.1, 0.15) is 30.9 Å². The lowest BCUT2D eigenvalue weighted by atomic mass is 10.0. The monoisotopic (exact) mass is 359 g/mol. The van der Waals surface area contributed by atoms with Gasteiger partial charge in [0, 0.05) is 31.9 Å². The van der Waals surface area contributed by atoms with Gasteiger partial charge in [0.1, 0.15) is 4.90 Å². The molecule has 0 spiro atoms. The minimum Gasteiger partial charge on any atom is -0.336 e. The summed E-state index contributed by atoms with van der Waals surface area (Å²) in [4.78, 5) is 18.3. The van der Waals surface area contributed by atoms with Crippen molar-refractivity contribution in [3.8, 4) is 0 Å². The molecule has 0 aliphatic carbocycles. The fourth-order valence-electron chi connectivity index (χ4n) is 3.11. The van der Waals surface area contributed by atoms with Crippen LogP contribution in [-0.2, 0) is 14.8 Å². The van der Waals surface area contributed by atoms with Gasteiger partial charge in [-0.25, -0.2) is 13.1 Å². The Hall–Kier alpha value is -2.25. The van der Waals surface area contributed by atoms with Crippen LogP contribution in [0.3, 0.4) is 0 Å². The molecule has 1 saturated heterocycles. The fraction of sp³-hybridized carbons (Fsp3) is 0.333. The number of hydrogen-bond acceptors (Lipinski definition) is 4. The van der Waals surface area contributed by atoms with E-state index in [1.165, 1.54) is 18.5 Å². The van der Waals surface area contributed by atoms with E-state index in [1.807, 2.05) is 35.2 Å². The summed E-state index contributed by atoms with van der Waals surface area (Å²) in [6.45, 7) is 0.793. The summed E-state index contributed by atoms with van der Waals surface area (Å²) in [5.41, 5.74) is 1.13. The predicted molar refractivity (Wildman–Crippen MR) is 94.2 cm³/mol. The molecule has 3 rings (SSSR count). The smallest absolute Gasteiger partial charge is 0.242 e. The van der Waals surface area contributed by atoms with Crippen molar-refractivity contribution >= 4 is 15.9 Å². The highest BCUT2D eigenvalue weighted by Gasteiger charge is 2.29. The molecule has 25 heavy (non-hydrogen) atoms. The van der Waals surface area contributed by atoms with Crippen LogP contribution >= 0.6 is 0 Å². The molecule has 1 atom stereocenters. The molecule has 7 heteroatoms. The van der Waals surface area contributed by atoms with E-state index in [1.54, 1.807) is 6.07 Å². The lowest BCUT2D eigenvalue weighted by Gasteiger charge is -2.25. The maximum absolute atomic E-state index is 12.5. The van der Waals surface area contributed by atoms with Gasteiger partial charge in [-0.1, -0.05) is 30.3 Å². The number of aromatic nitrogens is 1. The molecule has 0 saturated carbocycles. The zero-order valence-electron chi connectivity index (χ0n) is 13.8. The number of nitrogens with zero attached hydrogens (tertiary/aromatic N) is 2. The molecule has 1 aromatic heterocycles. The topological polar surface area (TPSA) is 79.4 Å². The summed E-state index contributed by atoms with van der Waals surface area (Å²) in [5, 5.41) is 0.